The van der Waals surface area contributed by atoms with E-state index < -0.39 is 0 Å². The van der Waals surface area contributed by atoms with Crippen molar-refractivity contribution in [3.05, 3.63) is 133 Å². The Morgan fingerprint density at radius 3 is 1.89 bits per heavy atom. The van der Waals surface area contributed by atoms with E-state index in [-0.39, 0.29) is 0 Å². The Balaban J connectivity index is 1.14. The van der Waals surface area contributed by atoms with E-state index in [0.29, 0.717) is 0 Å². The van der Waals surface area contributed by atoms with Crippen LogP contribution in [0.15, 0.2) is 133 Å². The van der Waals surface area contributed by atoms with Crippen molar-refractivity contribution in [3.63, 3.8) is 0 Å². The summed E-state index contributed by atoms with van der Waals surface area (Å²) in [5, 5.41) is 8.76. The van der Waals surface area contributed by atoms with Crippen molar-refractivity contribution in [2.75, 3.05) is 5.32 Å². The first-order valence-electron chi connectivity index (χ1n) is 12.2. The summed E-state index contributed by atoms with van der Waals surface area (Å²) in [6, 6.07) is 47.9. The molecule has 0 spiro atoms. The maximum Gasteiger partial charge on any atom is 0.0433 e. The summed E-state index contributed by atoms with van der Waals surface area (Å²) >= 11 is 1.87. The molecule has 0 bridgehead atoms. The van der Waals surface area contributed by atoms with Crippen LogP contribution in [0.2, 0.25) is 0 Å². The Morgan fingerprint density at radius 1 is 0.444 bits per heavy atom. The van der Waals surface area contributed by atoms with E-state index in [0.717, 1.165) is 11.4 Å². The van der Waals surface area contributed by atoms with Crippen molar-refractivity contribution in [1.29, 1.82) is 0 Å². The minimum atomic E-state index is 1.08. The summed E-state index contributed by atoms with van der Waals surface area (Å²) in [6.45, 7) is 0. The van der Waals surface area contributed by atoms with Crippen molar-refractivity contribution >= 4 is 53.7 Å². The molecule has 36 heavy (non-hydrogen) atoms. The number of rotatable bonds is 4. The molecular weight excluding hydrogens is 454 g/mol. The Morgan fingerprint density at radius 2 is 1.08 bits per heavy atom. The van der Waals surface area contributed by atoms with Crippen LogP contribution in [0, 0.1) is 0 Å². The number of benzene rings is 6. The van der Waals surface area contributed by atoms with Gasteiger partial charge in [0.05, 0.1) is 0 Å². The first kappa shape index (κ1) is 20.9. The highest BCUT2D eigenvalue weighted by molar-refractivity contribution is 7.26. The zero-order valence-corrected chi connectivity index (χ0v) is 20.4. The molecule has 0 saturated heterocycles. The van der Waals surface area contributed by atoms with Gasteiger partial charge in [-0.1, -0.05) is 97.1 Å². The molecule has 0 aliphatic heterocycles. The highest BCUT2D eigenvalue weighted by Gasteiger charge is 2.10. The van der Waals surface area contributed by atoms with Crippen LogP contribution in [0.4, 0.5) is 11.4 Å². The Hall–Kier alpha value is -4.40. The van der Waals surface area contributed by atoms with E-state index in [2.05, 4.69) is 139 Å². The summed E-state index contributed by atoms with van der Waals surface area (Å²) in [5.74, 6) is 0. The average Bonchev–Trinajstić information content (AvgIpc) is 3.33. The van der Waals surface area contributed by atoms with Crippen molar-refractivity contribution in [2.24, 2.45) is 0 Å². The molecule has 0 atom stereocenters. The van der Waals surface area contributed by atoms with E-state index >= 15 is 0 Å². The third-order valence-electron chi connectivity index (χ3n) is 6.86. The summed E-state index contributed by atoms with van der Waals surface area (Å²) in [7, 11) is 0. The second kappa shape index (κ2) is 8.67. The van der Waals surface area contributed by atoms with Gasteiger partial charge >= 0.3 is 0 Å². The van der Waals surface area contributed by atoms with Gasteiger partial charge in [-0.05, 0) is 69.4 Å². The van der Waals surface area contributed by atoms with Gasteiger partial charge in [0.1, 0.15) is 0 Å². The van der Waals surface area contributed by atoms with E-state index in [1.165, 1.54) is 53.2 Å². The van der Waals surface area contributed by atoms with Crippen molar-refractivity contribution in [2.45, 2.75) is 0 Å². The fourth-order valence-electron chi connectivity index (χ4n) is 4.99. The van der Waals surface area contributed by atoms with Gasteiger partial charge in [0.25, 0.3) is 0 Å². The van der Waals surface area contributed by atoms with Crippen LogP contribution in [0.5, 0.6) is 0 Å². The first-order valence-corrected chi connectivity index (χ1v) is 13.0. The summed E-state index contributed by atoms with van der Waals surface area (Å²) in [6.07, 6.45) is 0. The average molecular weight is 478 g/mol. The fraction of sp³-hybridized carbons (Fsp3) is 0. The first-order chi connectivity index (χ1) is 17.8. The molecule has 170 valence electrons. The maximum absolute atomic E-state index is 3.55. The largest absolute Gasteiger partial charge is 0.356 e. The highest BCUT2D eigenvalue weighted by Crippen LogP contribution is 2.40. The second-order valence-electron chi connectivity index (χ2n) is 9.12. The molecule has 0 fully saturated rings. The van der Waals surface area contributed by atoms with E-state index in [9.17, 15) is 0 Å². The molecule has 1 aromatic heterocycles. The van der Waals surface area contributed by atoms with Gasteiger partial charge < -0.3 is 5.32 Å². The predicted molar refractivity (Wildman–Crippen MR) is 157 cm³/mol. The highest BCUT2D eigenvalue weighted by atomic mass is 32.1. The third kappa shape index (κ3) is 3.73. The molecule has 1 heterocycles. The summed E-state index contributed by atoms with van der Waals surface area (Å²) < 4.78 is 2.69. The number of thiophene rings is 1. The van der Waals surface area contributed by atoms with E-state index in [1.54, 1.807) is 0 Å². The zero-order valence-electron chi connectivity index (χ0n) is 19.6. The van der Waals surface area contributed by atoms with Gasteiger partial charge in [-0.15, -0.1) is 11.3 Å². The molecule has 1 N–H and O–H groups in total. The smallest absolute Gasteiger partial charge is 0.0433 e. The normalized spacial score (nSPS) is 11.3. The molecule has 7 aromatic rings. The van der Waals surface area contributed by atoms with Crippen LogP contribution in [0.3, 0.4) is 0 Å². The molecule has 0 amide bonds. The molecule has 0 aliphatic rings. The monoisotopic (exact) mass is 477 g/mol. The Labute approximate surface area is 214 Å². The zero-order chi connectivity index (χ0) is 23.9. The Bertz CT molecular complexity index is 1840. The molecular formula is C34H23NS. The second-order valence-corrected chi connectivity index (χ2v) is 10.2. The quantitative estimate of drug-likeness (QED) is 0.266. The predicted octanol–water partition coefficient (Wildman–Crippen LogP) is 10.3. The standard InChI is InChI=1S/C34H23NS/c1-2-7-26-22-27(13-12-23(26)6-1)24-14-18-28(19-15-24)35-29-20-16-25(17-21-29)30-9-5-10-32-31-8-3-4-11-33(31)36-34(30)32/h1-22,35H. The van der Waals surface area contributed by atoms with Crippen LogP contribution in [-0.4, -0.2) is 0 Å². The van der Waals surface area contributed by atoms with E-state index in [1.807, 2.05) is 11.3 Å². The molecule has 0 unspecified atom stereocenters. The lowest BCUT2D eigenvalue weighted by Gasteiger charge is -2.10. The topological polar surface area (TPSA) is 12.0 Å². The van der Waals surface area contributed by atoms with Crippen molar-refractivity contribution in [3.8, 4) is 22.3 Å². The SMILES string of the molecule is c1ccc2cc(-c3ccc(Nc4ccc(-c5cccc6c5sc5ccccc56)cc4)cc3)ccc2c1. The lowest BCUT2D eigenvalue weighted by molar-refractivity contribution is 1.54. The van der Waals surface area contributed by atoms with Crippen LogP contribution in [0.1, 0.15) is 0 Å². The van der Waals surface area contributed by atoms with Gasteiger partial charge in [-0.25, -0.2) is 0 Å². The molecule has 7 rings (SSSR count). The number of anilines is 2. The number of hydrogen-bond donors (Lipinski definition) is 1. The van der Waals surface area contributed by atoms with Gasteiger partial charge in [0.15, 0.2) is 0 Å². The third-order valence-corrected chi connectivity index (χ3v) is 8.08. The van der Waals surface area contributed by atoms with Gasteiger partial charge in [-0.2, -0.15) is 0 Å². The molecule has 0 radical (unpaired) electrons. The van der Waals surface area contributed by atoms with Gasteiger partial charge in [0, 0.05) is 31.5 Å². The van der Waals surface area contributed by atoms with Gasteiger partial charge in [0.2, 0.25) is 0 Å². The Kier molecular flexibility index (Phi) is 5.04. The minimum absolute atomic E-state index is 1.08. The number of fused-ring (bicyclic) bond motifs is 4. The minimum Gasteiger partial charge on any atom is -0.356 e. The fourth-order valence-corrected chi connectivity index (χ4v) is 6.23. The summed E-state index contributed by atoms with van der Waals surface area (Å²) in [4.78, 5) is 0. The molecule has 0 aliphatic carbocycles. The molecule has 6 aromatic carbocycles. The van der Waals surface area contributed by atoms with Gasteiger partial charge in [-0.3, -0.25) is 0 Å². The van der Waals surface area contributed by atoms with Crippen LogP contribution < -0.4 is 5.32 Å². The van der Waals surface area contributed by atoms with Crippen molar-refractivity contribution < 1.29 is 0 Å². The van der Waals surface area contributed by atoms with Crippen molar-refractivity contribution in [1.82, 2.24) is 0 Å². The molecule has 0 saturated carbocycles. The lowest BCUT2D eigenvalue weighted by Crippen LogP contribution is -1.90. The number of nitrogens with one attached hydrogen (secondary N) is 1. The molecule has 1 nitrogen and oxygen atoms in total. The summed E-state index contributed by atoms with van der Waals surface area (Å²) in [5.41, 5.74) is 7.15. The molecule has 2 heteroatoms. The lowest BCUT2D eigenvalue weighted by atomic mass is 10.0. The van der Waals surface area contributed by atoms with Crippen LogP contribution in [0.25, 0.3) is 53.2 Å². The van der Waals surface area contributed by atoms with E-state index in [4.69, 9.17) is 0 Å². The van der Waals surface area contributed by atoms with Crippen LogP contribution in [-0.2, 0) is 0 Å². The maximum atomic E-state index is 3.55. The number of hydrogen-bond acceptors (Lipinski definition) is 2. The van der Waals surface area contributed by atoms with Crippen LogP contribution >= 0.6 is 11.3 Å².